The summed E-state index contributed by atoms with van der Waals surface area (Å²) in [5, 5.41) is 6.86. The van der Waals surface area contributed by atoms with Gasteiger partial charge < -0.3 is 22.1 Å². The molecular weight excluding hydrogens is 633 g/mol. The van der Waals surface area contributed by atoms with Crippen LogP contribution >= 0.6 is 0 Å². The maximum Gasteiger partial charge on any atom is 0.00814 e. The molecule has 0 heterocycles. The summed E-state index contributed by atoms with van der Waals surface area (Å²) in [6, 6.07) is 0.471. The van der Waals surface area contributed by atoms with E-state index in [1.807, 2.05) is 34.6 Å². The molecule has 0 aromatic heterocycles. The molecule has 0 bridgehead atoms. The topological polar surface area (TPSA) is 76.1 Å². The van der Waals surface area contributed by atoms with Gasteiger partial charge in [0.05, 0.1) is 0 Å². The lowest BCUT2D eigenvalue weighted by Crippen LogP contribution is -2.47. The van der Waals surface area contributed by atoms with Gasteiger partial charge in [0.25, 0.3) is 0 Å². The van der Waals surface area contributed by atoms with Gasteiger partial charge in [0.15, 0.2) is 0 Å². The molecule has 0 saturated heterocycles. The van der Waals surface area contributed by atoms with E-state index in [4.69, 9.17) is 5.73 Å². The van der Waals surface area contributed by atoms with E-state index in [1.54, 1.807) is 6.08 Å². The van der Waals surface area contributed by atoms with Crippen LogP contribution in [0.2, 0.25) is 0 Å². The van der Waals surface area contributed by atoms with E-state index >= 15 is 0 Å². The highest BCUT2D eigenvalue weighted by molar-refractivity contribution is 5.38. The van der Waals surface area contributed by atoms with Crippen LogP contribution in [0.5, 0.6) is 0 Å². The minimum Gasteiger partial charge on any atom is -0.333 e. The largest absolute Gasteiger partial charge is 0.333 e. The first-order valence-electron chi connectivity index (χ1n) is 23.0. The molecule has 0 amide bonds. The summed E-state index contributed by atoms with van der Waals surface area (Å²) in [6.07, 6.45) is 24.1. The van der Waals surface area contributed by atoms with Crippen LogP contribution in [0.25, 0.3) is 0 Å². The summed E-state index contributed by atoms with van der Waals surface area (Å²) in [5.41, 5.74) is 14.9. The zero-order valence-corrected chi connectivity index (χ0v) is 37.9. The highest BCUT2D eigenvalue weighted by Gasteiger charge is 2.89. The highest BCUT2D eigenvalue weighted by Crippen LogP contribution is 2.93. The number of hydrogen-bond donors (Lipinski definition) is 4. The van der Waals surface area contributed by atoms with Crippen LogP contribution in [0.3, 0.4) is 0 Å². The summed E-state index contributed by atoms with van der Waals surface area (Å²) in [5.74, 6) is 5.89. The van der Waals surface area contributed by atoms with Gasteiger partial charge in [-0.3, -0.25) is 0 Å². The molecule has 5 rings (SSSR count). The van der Waals surface area contributed by atoms with E-state index in [9.17, 15) is 0 Å². The van der Waals surface area contributed by atoms with Crippen LogP contribution in [-0.2, 0) is 0 Å². The standard InChI is InChI=1S/C29H49N.C11H26N2.C3H6.2C2H6.CH5N.H2/c1-18(2)10-9-12-22(19(3)4)25-20(5)17-27(6)23(25)16-24(30)26-28-14-8-7-11-21(28)13-15-29(26,27)28;1-3-5-9-13-11-7-6-10-12-8-4-2;1-3-2;3*1-2;/h18,20-26H,3,7-17,30H2,1-2,4-6H3;12-13H,3-11H2,1-2H3;3H,1H2,2H3;2*1-2H3;2H2,1H3;1H. The second-order valence-electron chi connectivity index (χ2n) is 17.4. The molecule has 0 radical (unpaired) electrons. The molecule has 10 unspecified atom stereocenters. The second kappa shape index (κ2) is 27.0. The maximum absolute atomic E-state index is 7.12. The molecule has 4 nitrogen and oxygen atoms in total. The zero-order valence-electron chi connectivity index (χ0n) is 37.9. The van der Waals surface area contributed by atoms with E-state index in [0.717, 1.165) is 35.5 Å². The zero-order chi connectivity index (χ0) is 40.0. The number of nitrogens with one attached hydrogen (secondary N) is 2. The van der Waals surface area contributed by atoms with Crippen LogP contribution in [0.15, 0.2) is 24.8 Å². The molecule has 5 fully saturated rings. The monoisotopic (exact) mass is 733 g/mol. The lowest BCUT2D eigenvalue weighted by atomic mass is 9.56. The van der Waals surface area contributed by atoms with Gasteiger partial charge in [0.1, 0.15) is 0 Å². The number of rotatable bonds is 16. The molecule has 5 saturated carbocycles. The molecule has 6 N–H and O–H groups in total. The molecular formula is C48H100N4. The third kappa shape index (κ3) is 11.9. The number of hydrogen-bond acceptors (Lipinski definition) is 4. The fraction of sp³-hybridized carbons (Fsp3) is 0.917. The van der Waals surface area contributed by atoms with E-state index in [1.165, 1.54) is 142 Å². The summed E-state index contributed by atoms with van der Waals surface area (Å²) >= 11 is 0. The summed E-state index contributed by atoms with van der Waals surface area (Å²) < 4.78 is 0. The van der Waals surface area contributed by atoms with Crippen molar-refractivity contribution in [2.24, 2.45) is 69.1 Å². The molecule has 0 aromatic carbocycles. The first kappa shape index (κ1) is 51.3. The third-order valence-corrected chi connectivity index (χ3v) is 14.0. The van der Waals surface area contributed by atoms with E-state index in [2.05, 4.69) is 78.0 Å². The Labute approximate surface area is 330 Å². The van der Waals surface area contributed by atoms with Crippen LogP contribution in [0.1, 0.15) is 187 Å². The van der Waals surface area contributed by atoms with Gasteiger partial charge >= 0.3 is 0 Å². The molecule has 0 aromatic rings. The third-order valence-electron chi connectivity index (χ3n) is 14.0. The van der Waals surface area contributed by atoms with Crippen molar-refractivity contribution in [1.82, 2.24) is 10.6 Å². The van der Waals surface area contributed by atoms with Crippen molar-refractivity contribution in [1.29, 1.82) is 0 Å². The Kier molecular flexibility index (Phi) is 26.7. The average Bonchev–Trinajstić information content (AvgIpc) is 3.43. The Morgan fingerprint density at radius 1 is 0.885 bits per heavy atom. The second-order valence-corrected chi connectivity index (χ2v) is 17.4. The molecule has 5 aliphatic carbocycles. The smallest absolute Gasteiger partial charge is 0.00814 e. The van der Waals surface area contributed by atoms with Gasteiger partial charge in [-0.1, -0.05) is 120 Å². The van der Waals surface area contributed by atoms with E-state index in [0.29, 0.717) is 28.2 Å². The van der Waals surface area contributed by atoms with Crippen molar-refractivity contribution >= 4 is 0 Å². The summed E-state index contributed by atoms with van der Waals surface area (Å²) in [7, 11) is 1.50. The Morgan fingerprint density at radius 3 is 2.00 bits per heavy atom. The SMILES string of the molecule is C=C(C)C(CCCC(C)C)C1C(C)CC2(C)C1CC(N)C1C34CCCCC3CCC124.C=CC.CC.CC.CCCCNCCCCNCCC.CN.[HH]. The van der Waals surface area contributed by atoms with Gasteiger partial charge in [-0.25, -0.2) is 0 Å². The van der Waals surface area contributed by atoms with Crippen molar-refractivity contribution in [2.45, 2.75) is 192 Å². The fourth-order valence-corrected chi connectivity index (χ4v) is 12.6. The van der Waals surface area contributed by atoms with Crippen LogP contribution < -0.4 is 22.1 Å². The highest BCUT2D eigenvalue weighted by atomic mass is 15.0. The summed E-state index contributed by atoms with van der Waals surface area (Å²) in [4.78, 5) is 0. The molecule has 4 heteroatoms. The normalized spacial score (nSPS) is 33.5. The summed E-state index contributed by atoms with van der Waals surface area (Å²) in [6.45, 7) is 39.4. The van der Waals surface area contributed by atoms with Crippen LogP contribution in [0, 0.1) is 57.7 Å². The molecule has 312 valence electrons. The number of allylic oxidation sites excluding steroid dienone is 2. The molecule has 10 atom stereocenters. The number of nitrogens with two attached hydrogens (primary N) is 2. The average molecular weight is 733 g/mol. The maximum atomic E-state index is 7.12. The van der Waals surface area contributed by atoms with Gasteiger partial charge in [0, 0.05) is 7.47 Å². The predicted molar refractivity (Wildman–Crippen MR) is 239 cm³/mol. The lowest BCUT2D eigenvalue weighted by Gasteiger charge is -2.49. The Morgan fingerprint density at radius 2 is 1.46 bits per heavy atom. The molecule has 5 aliphatic rings. The lowest BCUT2D eigenvalue weighted by molar-refractivity contribution is 0.00566. The van der Waals surface area contributed by atoms with Gasteiger partial charge in [-0.15, -0.1) is 6.58 Å². The number of unbranched alkanes of at least 4 members (excludes halogenated alkanes) is 2. The fourth-order valence-electron chi connectivity index (χ4n) is 12.6. The molecule has 52 heavy (non-hydrogen) atoms. The Balaban J connectivity index is 0. The van der Waals surface area contributed by atoms with Gasteiger partial charge in [0.2, 0.25) is 0 Å². The van der Waals surface area contributed by atoms with Gasteiger partial charge in [-0.2, -0.15) is 0 Å². The minimum absolute atomic E-state index is 0. The van der Waals surface area contributed by atoms with Gasteiger partial charge in [-0.05, 0) is 175 Å². The quantitative estimate of drug-likeness (QED) is 0.0941. The Bertz CT molecular complexity index is 913. The van der Waals surface area contributed by atoms with E-state index in [-0.39, 0.29) is 1.43 Å². The van der Waals surface area contributed by atoms with Crippen LogP contribution in [-0.4, -0.2) is 39.3 Å². The molecule has 0 aliphatic heterocycles. The predicted octanol–water partition coefficient (Wildman–Crippen LogP) is 12.8. The van der Waals surface area contributed by atoms with Crippen molar-refractivity contribution in [3.63, 3.8) is 0 Å². The molecule has 2 spiro atoms. The first-order chi connectivity index (χ1) is 25.0. The first-order valence-corrected chi connectivity index (χ1v) is 23.0. The Hall–Kier alpha value is -0.680. The van der Waals surface area contributed by atoms with E-state index < -0.39 is 0 Å². The minimum atomic E-state index is 0. The van der Waals surface area contributed by atoms with Crippen molar-refractivity contribution < 1.29 is 1.43 Å². The number of fused-ring (bicyclic) bond motifs is 1. The van der Waals surface area contributed by atoms with Crippen molar-refractivity contribution in [3.8, 4) is 0 Å². The van der Waals surface area contributed by atoms with Crippen molar-refractivity contribution in [3.05, 3.63) is 24.8 Å². The van der Waals surface area contributed by atoms with Crippen LogP contribution in [0.4, 0.5) is 0 Å². The van der Waals surface area contributed by atoms with Crippen molar-refractivity contribution in [2.75, 3.05) is 33.2 Å².